The van der Waals surface area contributed by atoms with Crippen LogP contribution in [-0.2, 0) is 6.54 Å². The highest BCUT2D eigenvalue weighted by atomic mass is 127. The predicted molar refractivity (Wildman–Crippen MR) is 99.9 cm³/mol. The predicted octanol–water partition coefficient (Wildman–Crippen LogP) is 2.35. The number of pyridine rings is 1. The summed E-state index contributed by atoms with van der Waals surface area (Å²) < 4.78 is 1.88. The van der Waals surface area contributed by atoms with Crippen LogP contribution in [0.2, 0.25) is 0 Å². The maximum atomic E-state index is 4.34. The lowest BCUT2D eigenvalue weighted by atomic mass is 10.2. The van der Waals surface area contributed by atoms with Crippen LogP contribution >= 0.6 is 24.0 Å². The molecule has 0 saturated carbocycles. The summed E-state index contributed by atoms with van der Waals surface area (Å²) in [6.07, 6.45) is 8.22. The molecule has 0 aromatic carbocycles. The quantitative estimate of drug-likeness (QED) is 0.448. The maximum absolute atomic E-state index is 4.34. The number of hydrogen-bond acceptors (Lipinski definition) is 3. The summed E-state index contributed by atoms with van der Waals surface area (Å²) in [5, 5.41) is 6.65. The maximum Gasteiger partial charge on any atom is 0.191 e. The smallest absolute Gasteiger partial charge is 0.191 e. The van der Waals surface area contributed by atoms with Gasteiger partial charge in [-0.25, -0.2) is 9.97 Å². The van der Waals surface area contributed by atoms with Crippen LogP contribution in [0.1, 0.15) is 25.8 Å². The van der Waals surface area contributed by atoms with Gasteiger partial charge in [-0.3, -0.25) is 9.56 Å². The van der Waals surface area contributed by atoms with Gasteiger partial charge < -0.3 is 10.6 Å². The zero-order valence-corrected chi connectivity index (χ0v) is 15.5. The summed E-state index contributed by atoms with van der Waals surface area (Å²) in [4.78, 5) is 12.6. The van der Waals surface area contributed by atoms with Gasteiger partial charge in [-0.05, 0) is 31.0 Å². The van der Waals surface area contributed by atoms with Crippen molar-refractivity contribution in [3.05, 3.63) is 42.6 Å². The SMILES string of the molecule is CCC(C)NC(=NC)NCc1ccnc(-n2ccnc2)c1.I. The fraction of sp³-hybridized carbons (Fsp3) is 0.400. The summed E-state index contributed by atoms with van der Waals surface area (Å²) in [7, 11) is 1.78. The molecule has 0 aliphatic carbocycles. The molecule has 2 heterocycles. The molecule has 2 N–H and O–H groups in total. The van der Waals surface area contributed by atoms with Crippen molar-refractivity contribution < 1.29 is 0 Å². The molecule has 0 spiro atoms. The van der Waals surface area contributed by atoms with Crippen LogP contribution in [0, 0.1) is 0 Å². The van der Waals surface area contributed by atoms with Gasteiger partial charge in [0, 0.05) is 38.2 Å². The summed E-state index contributed by atoms with van der Waals surface area (Å²) in [5.74, 6) is 1.67. The van der Waals surface area contributed by atoms with Crippen LogP contribution in [0.5, 0.6) is 0 Å². The van der Waals surface area contributed by atoms with Crippen LogP contribution in [0.15, 0.2) is 42.0 Å². The number of nitrogens with zero attached hydrogens (tertiary/aromatic N) is 4. The molecular formula is C15H23IN6. The number of aromatic nitrogens is 3. The molecule has 0 bridgehead atoms. The van der Waals surface area contributed by atoms with Crippen molar-refractivity contribution in [3.8, 4) is 5.82 Å². The zero-order chi connectivity index (χ0) is 15.1. The Morgan fingerprint density at radius 2 is 2.23 bits per heavy atom. The van der Waals surface area contributed by atoms with E-state index in [1.54, 1.807) is 25.8 Å². The first-order valence-electron chi connectivity index (χ1n) is 7.13. The van der Waals surface area contributed by atoms with E-state index in [1.165, 1.54) is 0 Å². The number of hydrogen-bond donors (Lipinski definition) is 2. The van der Waals surface area contributed by atoms with E-state index in [2.05, 4.69) is 39.4 Å². The number of imidazole rings is 1. The Bertz CT molecular complexity index is 581. The highest BCUT2D eigenvalue weighted by molar-refractivity contribution is 14.0. The monoisotopic (exact) mass is 414 g/mol. The largest absolute Gasteiger partial charge is 0.354 e. The number of aliphatic imine (C=N–C) groups is 1. The lowest BCUT2D eigenvalue weighted by Gasteiger charge is -2.16. The Morgan fingerprint density at radius 1 is 1.41 bits per heavy atom. The molecule has 6 nitrogen and oxygen atoms in total. The normalized spacial score (nSPS) is 12.4. The average Bonchev–Trinajstić information content (AvgIpc) is 3.05. The average molecular weight is 414 g/mol. The van der Waals surface area contributed by atoms with Crippen molar-refractivity contribution in [2.24, 2.45) is 4.99 Å². The molecular weight excluding hydrogens is 391 g/mol. The molecule has 0 aliphatic heterocycles. The Labute approximate surface area is 148 Å². The second-order valence-electron chi connectivity index (χ2n) is 4.87. The lowest BCUT2D eigenvalue weighted by molar-refractivity contribution is 0.624. The first-order valence-corrected chi connectivity index (χ1v) is 7.13. The molecule has 0 aliphatic rings. The van der Waals surface area contributed by atoms with Gasteiger partial charge in [0.25, 0.3) is 0 Å². The molecule has 7 heteroatoms. The minimum absolute atomic E-state index is 0. The molecule has 2 aromatic heterocycles. The van der Waals surface area contributed by atoms with E-state index in [9.17, 15) is 0 Å². The van der Waals surface area contributed by atoms with E-state index in [0.29, 0.717) is 12.6 Å². The second-order valence-corrected chi connectivity index (χ2v) is 4.87. The van der Waals surface area contributed by atoms with E-state index in [4.69, 9.17) is 0 Å². The van der Waals surface area contributed by atoms with Crippen LogP contribution in [0.4, 0.5) is 0 Å². The van der Waals surface area contributed by atoms with Gasteiger partial charge in [0.15, 0.2) is 5.96 Å². The van der Waals surface area contributed by atoms with Crippen molar-refractivity contribution in [2.45, 2.75) is 32.9 Å². The molecule has 2 rings (SSSR count). The van der Waals surface area contributed by atoms with Crippen LogP contribution in [0.25, 0.3) is 5.82 Å². The van der Waals surface area contributed by atoms with Gasteiger partial charge >= 0.3 is 0 Å². The first-order chi connectivity index (χ1) is 10.2. The number of nitrogens with one attached hydrogen (secondary N) is 2. The summed E-state index contributed by atoms with van der Waals surface area (Å²) in [6.45, 7) is 4.97. The third-order valence-corrected chi connectivity index (χ3v) is 3.26. The van der Waals surface area contributed by atoms with Crippen LogP contribution in [-0.4, -0.2) is 33.6 Å². The van der Waals surface area contributed by atoms with Crippen molar-refractivity contribution in [1.29, 1.82) is 0 Å². The molecule has 0 saturated heterocycles. The number of rotatable bonds is 5. The summed E-state index contributed by atoms with van der Waals surface area (Å²) >= 11 is 0. The molecule has 1 unspecified atom stereocenters. The van der Waals surface area contributed by atoms with Crippen molar-refractivity contribution in [2.75, 3.05) is 7.05 Å². The van der Waals surface area contributed by atoms with Crippen LogP contribution in [0.3, 0.4) is 0 Å². The zero-order valence-electron chi connectivity index (χ0n) is 13.2. The molecule has 2 aromatic rings. The molecule has 22 heavy (non-hydrogen) atoms. The summed E-state index contributed by atoms with van der Waals surface area (Å²) in [5.41, 5.74) is 1.14. The van der Waals surface area contributed by atoms with E-state index in [1.807, 2.05) is 22.9 Å². The second kappa shape index (κ2) is 9.39. The standard InChI is InChI=1S/C15H22N6.HI/c1-4-12(2)20-15(16-3)19-10-13-5-6-18-14(9-13)21-8-7-17-11-21;/h5-9,11-12H,4,10H2,1-3H3,(H2,16,19,20);1H. The number of halogens is 1. The topological polar surface area (TPSA) is 67.1 Å². The van der Waals surface area contributed by atoms with Gasteiger partial charge in [-0.15, -0.1) is 24.0 Å². The molecule has 0 amide bonds. The van der Waals surface area contributed by atoms with Crippen molar-refractivity contribution >= 4 is 29.9 Å². The van der Waals surface area contributed by atoms with Crippen molar-refractivity contribution in [3.63, 3.8) is 0 Å². The minimum atomic E-state index is 0. The Morgan fingerprint density at radius 3 is 2.86 bits per heavy atom. The Balaban J connectivity index is 0.00000242. The molecule has 1 atom stereocenters. The van der Waals surface area contributed by atoms with E-state index in [-0.39, 0.29) is 24.0 Å². The van der Waals surface area contributed by atoms with Gasteiger partial charge in [-0.2, -0.15) is 0 Å². The first kappa shape index (κ1) is 18.4. The van der Waals surface area contributed by atoms with Gasteiger partial charge in [-0.1, -0.05) is 6.92 Å². The van der Waals surface area contributed by atoms with Gasteiger partial charge in [0.1, 0.15) is 12.1 Å². The van der Waals surface area contributed by atoms with Crippen LogP contribution < -0.4 is 10.6 Å². The van der Waals surface area contributed by atoms with E-state index in [0.717, 1.165) is 23.8 Å². The van der Waals surface area contributed by atoms with Crippen molar-refractivity contribution in [1.82, 2.24) is 25.2 Å². The van der Waals surface area contributed by atoms with Gasteiger partial charge in [0.05, 0.1) is 0 Å². The van der Waals surface area contributed by atoms with Gasteiger partial charge in [0.2, 0.25) is 0 Å². The summed E-state index contributed by atoms with van der Waals surface area (Å²) in [6, 6.07) is 4.42. The fourth-order valence-electron chi connectivity index (χ4n) is 1.82. The van der Waals surface area contributed by atoms with E-state index < -0.39 is 0 Å². The Hall–Kier alpha value is -1.64. The third kappa shape index (κ3) is 5.28. The van der Waals surface area contributed by atoms with E-state index >= 15 is 0 Å². The molecule has 0 radical (unpaired) electrons. The third-order valence-electron chi connectivity index (χ3n) is 3.26. The highest BCUT2D eigenvalue weighted by Crippen LogP contribution is 2.06. The minimum Gasteiger partial charge on any atom is -0.354 e. The Kier molecular flexibility index (Phi) is 7.86. The molecule has 120 valence electrons. The highest BCUT2D eigenvalue weighted by Gasteiger charge is 2.04. The lowest BCUT2D eigenvalue weighted by Crippen LogP contribution is -2.41. The fourth-order valence-corrected chi connectivity index (χ4v) is 1.82. The molecule has 0 fully saturated rings. The number of guanidine groups is 1.